The van der Waals surface area contributed by atoms with Crippen LogP contribution in [0.3, 0.4) is 0 Å². The average Bonchev–Trinajstić information content (AvgIpc) is 3.54. The first-order valence-electron chi connectivity index (χ1n) is 10.7. The summed E-state index contributed by atoms with van der Waals surface area (Å²) < 4.78 is 29.0. The van der Waals surface area contributed by atoms with Gasteiger partial charge >= 0.3 is 0 Å². The third-order valence-electron chi connectivity index (χ3n) is 6.25. The molecule has 0 N–H and O–H groups in total. The van der Waals surface area contributed by atoms with Gasteiger partial charge in [-0.15, -0.1) is 0 Å². The molecule has 0 amide bonds. The zero-order chi connectivity index (χ0) is 20.9. The quantitative estimate of drug-likeness (QED) is 0.622. The Morgan fingerprint density at radius 2 is 1.90 bits per heavy atom. The highest BCUT2D eigenvalue weighted by Gasteiger charge is 2.41. The molecule has 4 heterocycles. The molecule has 1 saturated carbocycles. The van der Waals surface area contributed by atoms with Gasteiger partial charge in [0, 0.05) is 48.7 Å². The molecule has 5 rings (SSSR count). The predicted octanol–water partition coefficient (Wildman–Crippen LogP) is 3.75. The van der Waals surface area contributed by atoms with Crippen molar-refractivity contribution in [1.29, 1.82) is 0 Å². The highest BCUT2D eigenvalue weighted by molar-refractivity contribution is 7.90. The Morgan fingerprint density at radius 1 is 1.13 bits per heavy atom. The molecule has 0 unspecified atom stereocenters. The summed E-state index contributed by atoms with van der Waals surface area (Å²) >= 11 is 0. The molecule has 0 aromatic carbocycles. The van der Waals surface area contributed by atoms with Crippen molar-refractivity contribution in [1.82, 2.24) is 23.8 Å². The SMILES string of the molecule is CC(C)n1cnc2c(-c3cccnc3)nc(C3CCN(S(=O)(=O)C4CC4)CC3)cc21. The van der Waals surface area contributed by atoms with Crippen LogP contribution in [0, 0.1) is 0 Å². The summed E-state index contributed by atoms with van der Waals surface area (Å²) in [5.74, 6) is 0.242. The van der Waals surface area contributed by atoms with Crippen LogP contribution in [0.15, 0.2) is 36.9 Å². The largest absolute Gasteiger partial charge is 0.328 e. The third-order valence-corrected chi connectivity index (χ3v) is 8.65. The van der Waals surface area contributed by atoms with Gasteiger partial charge in [0.2, 0.25) is 10.0 Å². The second-order valence-electron chi connectivity index (χ2n) is 8.67. The minimum atomic E-state index is -3.10. The van der Waals surface area contributed by atoms with Crippen molar-refractivity contribution in [2.45, 2.75) is 56.7 Å². The molecule has 0 atom stereocenters. The lowest BCUT2D eigenvalue weighted by Gasteiger charge is -2.31. The molecular weight excluding hydrogens is 398 g/mol. The van der Waals surface area contributed by atoms with E-state index in [2.05, 4.69) is 34.4 Å². The topological polar surface area (TPSA) is 81.0 Å². The van der Waals surface area contributed by atoms with Crippen molar-refractivity contribution in [2.24, 2.45) is 0 Å². The Hall–Kier alpha value is -2.32. The Balaban J connectivity index is 1.51. The number of rotatable bonds is 5. The van der Waals surface area contributed by atoms with Gasteiger partial charge in [-0.1, -0.05) is 0 Å². The van der Waals surface area contributed by atoms with Crippen LogP contribution in [0.1, 0.15) is 57.2 Å². The third kappa shape index (κ3) is 3.41. The number of hydrogen-bond acceptors (Lipinski definition) is 5. The van der Waals surface area contributed by atoms with Crippen LogP contribution in [-0.4, -0.2) is 50.6 Å². The fourth-order valence-corrected chi connectivity index (χ4v) is 6.23. The number of sulfonamides is 1. The molecule has 1 aliphatic carbocycles. The Labute approximate surface area is 177 Å². The van der Waals surface area contributed by atoms with E-state index in [0.29, 0.717) is 13.1 Å². The number of hydrogen-bond donors (Lipinski definition) is 0. The molecular formula is C22H27N5O2S. The average molecular weight is 426 g/mol. The molecule has 3 aromatic heterocycles. The summed E-state index contributed by atoms with van der Waals surface area (Å²) in [6, 6.07) is 6.36. The van der Waals surface area contributed by atoms with Gasteiger partial charge in [0.25, 0.3) is 0 Å². The van der Waals surface area contributed by atoms with Crippen LogP contribution in [-0.2, 0) is 10.0 Å². The second-order valence-corrected chi connectivity index (χ2v) is 10.9. The summed E-state index contributed by atoms with van der Waals surface area (Å²) in [7, 11) is -3.10. The lowest BCUT2D eigenvalue weighted by molar-refractivity contribution is 0.316. The number of piperidine rings is 1. The smallest absolute Gasteiger partial charge is 0.216 e. The fraction of sp³-hybridized carbons (Fsp3) is 0.500. The van der Waals surface area contributed by atoms with Crippen LogP contribution in [0.4, 0.5) is 0 Å². The van der Waals surface area contributed by atoms with Crippen LogP contribution in [0.2, 0.25) is 0 Å². The zero-order valence-corrected chi connectivity index (χ0v) is 18.2. The van der Waals surface area contributed by atoms with Crippen molar-refractivity contribution < 1.29 is 8.42 Å². The maximum absolute atomic E-state index is 12.6. The lowest BCUT2D eigenvalue weighted by atomic mass is 9.93. The van der Waals surface area contributed by atoms with Crippen LogP contribution in [0.5, 0.6) is 0 Å². The molecule has 0 spiro atoms. The van der Waals surface area contributed by atoms with E-state index in [0.717, 1.165) is 53.7 Å². The molecule has 7 nitrogen and oxygen atoms in total. The van der Waals surface area contributed by atoms with Crippen molar-refractivity contribution in [3.8, 4) is 11.3 Å². The van der Waals surface area contributed by atoms with Crippen LogP contribution in [0.25, 0.3) is 22.3 Å². The maximum Gasteiger partial charge on any atom is 0.216 e. The molecule has 30 heavy (non-hydrogen) atoms. The van der Waals surface area contributed by atoms with Crippen LogP contribution < -0.4 is 0 Å². The molecule has 158 valence electrons. The Morgan fingerprint density at radius 3 is 2.53 bits per heavy atom. The summed E-state index contributed by atoms with van der Waals surface area (Å²) in [5, 5.41) is -0.138. The van der Waals surface area contributed by atoms with E-state index >= 15 is 0 Å². The number of aromatic nitrogens is 4. The first kappa shape index (κ1) is 19.6. The van der Waals surface area contributed by atoms with Crippen molar-refractivity contribution in [3.63, 3.8) is 0 Å². The van der Waals surface area contributed by atoms with Gasteiger partial charge in [-0.25, -0.2) is 17.7 Å². The highest BCUT2D eigenvalue weighted by atomic mass is 32.2. The van der Waals surface area contributed by atoms with E-state index < -0.39 is 10.0 Å². The van der Waals surface area contributed by atoms with Gasteiger partial charge in [-0.05, 0) is 57.7 Å². The minimum Gasteiger partial charge on any atom is -0.328 e. The molecule has 2 fully saturated rings. The van der Waals surface area contributed by atoms with E-state index in [1.807, 2.05) is 24.7 Å². The first-order valence-corrected chi connectivity index (χ1v) is 12.2. The molecule has 2 aliphatic rings. The van der Waals surface area contributed by atoms with Gasteiger partial charge in [-0.2, -0.15) is 0 Å². The maximum atomic E-state index is 12.6. The molecule has 8 heteroatoms. The molecule has 0 radical (unpaired) electrons. The number of imidazole rings is 1. The zero-order valence-electron chi connectivity index (χ0n) is 17.4. The van der Waals surface area contributed by atoms with E-state index in [1.54, 1.807) is 10.5 Å². The minimum absolute atomic E-state index is 0.138. The highest BCUT2D eigenvalue weighted by Crippen LogP contribution is 2.37. The summed E-state index contributed by atoms with van der Waals surface area (Å²) in [6.07, 6.45) is 8.69. The van der Waals surface area contributed by atoms with Crippen molar-refractivity contribution in [2.75, 3.05) is 13.1 Å². The fourth-order valence-electron chi connectivity index (χ4n) is 4.36. The number of fused-ring (bicyclic) bond motifs is 1. The van der Waals surface area contributed by atoms with E-state index in [1.165, 1.54) is 0 Å². The molecule has 0 bridgehead atoms. The standard InChI is InChI=1S/C22H27N5O2S/c1-15(2)27-14-24-22-20(27)12-19(25-21(22)17-4-3-9-23-13-17)16-7-10-26(11-8-16)30(28,29)18-5-6-18/h3-4,9,12-16,18H,5-8,10-11H2,1-2H3. The van der Waals surface area contributed by atoms with Crippen LogP contribution >= 0.6 is 0 Å². The van der Waals surface area contributed by atoms with Gasteiger partial charge < -0.3 is 4.57 Å². The normalized spacial score (nSPS) is 19.0. The van der Waals surface area contributed by atoms with Gasteiger partial charge in [0.05, 0.1) is 22.8 Å². The molecule has 1 saturated heterocycles. The monoisotopic (exact) mass is 425 g/mol. The van der Waals surface area contributed by atoms with E-state index in [-0.39, 0.29) is 17.2 Å². The lowest BCUT2D eigenvalue weighted by Crippen LogP contribution is -2.39. The summed E-state index contributed by atoms with van der Waals surface area (Å²) in [4.78, 5) is 13.9. The Bertz CT molecular complexity index is 1160. The number of pyridine rings is 2. The van der Waals surface area contributed by atoms with Gasteiger partial charge in [0.1, 0.15) is 5.52 Å². The van der Waals surface area contributed by atoms with Crippen molar-refractivity contribution >= 4 is 21.1 Å². The summed E-state index contributed by atoms with van der Waals surface area (Å²) in [5.41, 5.74) is 4.78. The Kier molecular flexibility index (Phi) is 4.86. The van der Waals surface area contributed by atoms with Gasteiger partial charge in [-0.3, -0.25) is 9.97 Å². The predicted molar refractivity (Wildman–Crippen MR) is 117 cm³/mol. The molecule has 1 aliphatic heterocycles. The van der Waals surface area contributed by atoms with Gasteiger partial charge in [0.15, 0.2) is 0 Å². The summed E-state index contributed by atoms with van der Waals surface area (Å²) in [6.45, 7) is 5.45. The van der Waals surface area contributed by atoms with E-state index in [9.17, 15) is 8.42 Å². The van der Waals surface area contributed by atoms with E-state index in [4.69, 9.17) is 4.98 Å². The van der Waals surface area contributed by atoms with Crippen molar-refractivity contribution in [3.05, 3.63) is 42.6 Å². The number of nitrogens with zero attached hydrogens (tertiary/aromatic N) is 5. The first-order chi connectivity index (χ1) is 14.4. The molecule has 3 aromatic rings. The second kappa shape index (κ2) is 7.42.